The molecule has 0 aromatic heterocycles. The summed E-state index contributed by atoms with van der Waals surface area (Å²) in [7, 11) is 1.37. The van der Waals surface area contributed by atoms with E-state index in [1.54, 1.807) is 4.90 Å². The molecule has 1 aliphatic heterocycles. The number of methoxy groups -OCH3 is 1. The highest BCUT2D eigenvalue weighted by molar-refractivity contribution is 5.88. The topological polar surface area (TPSA) is 72.6 Å². The molecule has 19 heavy (non-hydrogen) atoms. The third-order valence-corrected chi connectivity index (χ3v) is 4.45. The van der Waals surface area contributed by atoms with Crippen LogP contribution in [-0.4, -0.2) is 42.5 Å². The van der Waals surface area contributed by atoms with Crippen LogP contribution in [-0.2, 0) is 14.3 Å². The molecule has 0 spiro atoms. The monoisotopic (exact) mass is 268 g/mol. The number of amides is 1. The van der Waals surface area contributed by atoms with E-state index in [-0.39, 0.29) is 17.8 Å². The fraction of sp³-hybridized carbons (Fsp3) is 0.857. The number of nitrogens with two attached hydrogens (primary N) is 1. The third-order valence-electron chi connectivity index (χ3n) is 4.45. The summed E-state index contributed by atoms with van der Waals surface area (Å²) in [5.41, 5.74) is 6.13. The minimum absolute atomic E-state index is 0.0696. The number of esters is 1. The minimum Gasteiger partial charge on any atom is -0.467 e. The lowest BCUT2D eigenvalue weighted by molar-refractivity contribution is -0.151. The zero-order chi connectivity index (χ0) is 13.8. The predicted octanol–water partition coefficient (Wildman–Crippen LogP) is 1.06. The van der Waals surface area contributed by atoms with Crippen molar-refractivity contribution >= 4 is 11.9 Å². The second-order valence-corrected chi connectivity index (χ2v) is 5.64. The summed E-state index contributed by atoms with van der Waals surface area (Å²) in [6.07, 6.45) is 7.16. The summed E-state index contributed by atoms with van der Waals surface area (Å²) in [6, 6.07) is -0.877. The molecule has 1 saturated heterocycles. The molecule has 0 bridgehead atoms. The van der Waals surface area contributed by atoms with Gasteiger partial charge in [0.1, 0.15) is 6.04 Å². The van der Waals surface area contributed by atoms with E-state index in [2.05, 4.69) is 0 Å². The zero-order valence-corrected chi connectivity index (χ0v) is 11.6. The van der Waals surface area contributed by atoms with Crippen LogP contribution in [0.25, 0.3) is 0 Å². The molecule has 0 radical (unpaired) electrons. The number of likely N-dealkylation sites (tertiary alicyclic amines) is 1. The number of rotatable bonds is 3. The van der Waals surface area contributed by atoms with Gasteiger partial charge in [-0.3, -0.25) is 4.79 Å². The number of hydrogen-bond donors (Lipinski definition) is 1. The first-order valence-corrected chi connectivity index (χ1v) is 7.29. The summed E-state index contributed by atoms with van der Waals surface area (Å²) in [5, 5.41) is 0. The molecule has 5 heteroatoms. The smallest absolute Gasteiger partial charge is 0.328 e. The van der Waals surface area contributed by atoms with Gasteiger partial charge in [0.15, 0.2) is 0 Å². The van der Waals surface area contributed by atoms with Gasteiger partial charge in [0.05, 0.1) is 13.2 Å². The van der Waals surface area contributed by atoms with Crippen molar-refractivity contribution in [2.75, 3.05) is 13.7 Å². The Bertz CT molecular complexity index is 340. The molecule has 1 aliphatic carbocycles. The van der Waals surface area contributed by atoms with E-state index < -0.39 is 12.1 Å². The zero-order valence-electron chi connectivity index (χ0n) is 11.6. The Kier molecular flexibility index (Phi) is 4.80. The highest BCUT2D eigenvalue weighted by Gasteiger charge is 2.38. The molecular formula is C14H24N2O3. The van der Waals surface area contributed by atoms with Crippen molar-refractivity contribution in [3.8, 4) is 0 Å². The van der Waals surface area contributed by atoms with Gasteiger partial charge in [0.25, 0.3) is 0 Å². The maximum Gasteiger partial charge on any atom is 0.328 e. The largest absolute Gasteiger partial charge is 0.467 e. The minimum atomic E-state index is -0.453. The standard InChI is InChI=1S/C14H24N2O3/c1-19-14(18)11-8-5-9-16(11)13(17)12(15)10-6-3-2-4-7-10/h10-12H,2-9,15H2,1H3/t11-,12?/m0/s1. The van der Waals surface area contributed by atoms with E-state index in [4.69, 9.17) is 10.5 Å². The average Bonchev–Trinajstić information content (AvgIpc) is 2.95. The first-order valence-electron chi connectivity index (χ1n) is 7.29. The average molecular weight is 268 g/mol. The van der Waals surface area contributed by atoms with Crippen molar-refractivity contribution in [2.45, 2.75) is 57.0 Å². The van der Waals surface area contributed by atoms with Crippen LogP contribution in [0.4, 0.5) is 0 Å². The lowest BCUT2D eigenvalue weighted by atomic mass is 9.83. The van der Waals surface area contributed by atoms with Gasteiger partial charge in [-0.15, -0.1) is 0 Å². The second kappa shape index (κ2) is 6.37. The van der Waals surface area contributed by atoms with Crippen LogP contribution in [0.2, 0.25) is 0 Å². The summed E-state index contributed by atoms with van der Waals surface area (Å²) in [4.78, 5) is 25.8. The van der Waals surface area contributed by atoms with Crippen molar-refractivity contribution in [2.24, 2.45) is 11.7 Å². The third kappa shape index (κ3) is 3.08. The Labute approximate surface area is 114 Å². The Balaban J connectivity index is 1.99. The van der Waals surface area contributed by atoms with Gasteiger partial charge in [0, 0.05) is 6.54 Å². The highest BCUT2D eigenvalue weighted by Crippen LogP contribution is 2.28. The molecular weight excluding hydrogens is 244 g/mol. The van der Waals surface area contributed by atoms with Crippen LogP contribution < -0.4 is 5.73 Å². The Morgan fingerprint density at radius 3 is 2.47 bits per heavy atom. The molecule has 1 unspecified atom stereocenters. The Morgan fingerprint density at radius 1 is 1.16 bits per heavy atom. The normalized spacial score (nSPS) is 26.2. The van der Waals surface area contributed by atoms with Gasteiger partial charge < -0.3 is 15.4 Å². The summed E-state index contributed by atoms with van der Waals surface area (Å²) >= 11 is 0. The lowest BCUT2D eigenvalue weighted by Gasteiger charge is -2.31. The van der Waals surface area contributed by atoms with Gasteiger partial charge in [-0.1, -0.05) is 19.3 Å². The first kappa shape index (κ1) is 14.3. The highest BCUT2D eigenvalue weighted by atomic mass is 16.5. The number of carbonyl (C=O) groups excluding carboxylic acids is 2. The quantitative estimate of drug-likeness (QED) is 0.777. The molecule has 2 N–H and O–H groups in total. The van der Waals surface area contributed by atoms with Crippen molar-refractivity contribution in [3.63, 3.8) is 0 Å². The van der Waals surface area contributed by atoms with E-state index in [0.29, 0.717) is 13.0 Å². The van der Waals surface area contributed by atoms with Gasteiger partial charge in [-0.25, -0.2) is 4.79 Å². The molecule has 5 nitrogen and oxygen atoms in total. The van der Waals surface area contributed by atoms with E-state index in [9.17, 15) is 9.59 Å². The fourth-order valence-corrected chi connectivity index (χ4v) is 3.30. The maximum atomic E-state index is 12.5. The number of ether oxygens (including phenoxy) is 1. The molecule has 1 saturated carbocycles. The van der Waals surface area contributed by atoms with Crippen molar-refractivity contribution in [1.29, 1.82) is 0 Å². The van der Waals surface area contributed by atoms with E-state index in [0.717, 1.165) is 32.1 Å². The van der Waals surface area contributed by atoms with Crippen LogP contribution >= 0.6 is 0 Å². The number of carbonyl (C=O) groups is 2. The van der Waals surface area contributed by atoms with Crippen LogP contribution in [0.3, 0.4) is 0 Å². The fourth-order valence-electron chi connectivity index (χ4n) is 3.30. The Hall–Kier alpha value is -1.10. The van der Waals surface area contributed by atoms with Crippen LogP contribution in [0.5, 0.6) is 0 Å². The van der Waals surface area contributed by atoms with Crippen LogP contribution in [0.1, 0.15) is 44.9 Å². The summed E-state index contributed by atoms with van der Waals surface area (Å²) in [5.74, 6) is -0.110. The molecule has 108 valence electrons. The van der Waals surface area contributed by atoms with E-state index >= 15 is 0 Å². The SMILES string of the molecule is COC(=O)[C@@H]1CCCN1C(=O)C(N)C1CCCCC1. The van der Waals surface area contributed by atoms with Crippen LogP contribution in [0.15, 0.2) is 0 Å². The molecule has 1 heterocycles. The molecule has 2 fully saturated rings. The molecule has 2 rings (SSSR count). The van der Waals surface area contributed by atoms with Crippen molar-refractivity contribution in [3.05, 3.63) is 0 Å². The molecule has 0 aromatic rings. The second-order valence-electron chi connectivity index (χ2n) is 5.64. The summed E-state index contributed by atoms with van der Waals surface area (Å²) in [6.45, 7) is 0.624. The van der Waals surface area contributed by atoms with Crippen molar-refractivity contribution in [1.82, 2.24) is 4.90 Å². The molecule has 1 amide bonds. The number of hydrogen-bond acceptors (Lipinski definition) is 4. The summed E-state index contributed by atoms with van der Waals surface area (Å²) < 4.78 is 4.77. The van der Waals surface area contributed by atoms with Crippen LogP contribution in [0, 0.1) is 5.92 Å². The Morgan fingerprint density at radius 2 is 1.84 bits per heavy atom. The lowest BCUT2D eigenvalue weighted by Crippen LogP contribution is -2.51. The van der Waals surface area contributed by atoms with Crippen molar-refractivity contribution < 1.29 is 14.3 Å². The van der Waals surface area contributed by atoms with Gasteiger partial charge in [-0.2, -0.15) is 0 Å². The molecule has 0 aromatic carbocycles. The van der Waals surface area contributed by atoms with Gasteiger partial charge >= 0.3 is 5.97 Å². The van der Waals surface area contributed by atoms with Gasteiger partial charge in [0.2, 0.25) is 5.91 Å². The predicted molar refractivity (Wildman–Crippen MR) is 71.3 cm³/mol. The van der Waals surface area contributed by atoms with E-state index in [1.807, 2.05) is 0 Å². The van der Waals surface area contributed by atoms with E-state index in [1.165, 1.54) is 13.5 Å². The molecule has 2 aliphatic rings. The number of nitrogens with zero attached hydrogens (tertiary/aromatic N) is 1. The first-order chi connectivity index (χ1) is 9.15. The maximum absolute atomic E-state index is 12.5. The molecule has 2 atom stereocenters. The van der Waals surface area contributed by atoms with Gasteiger partial charge in [-0.05, 0) is 31.6 Å².